The highest BCUT2D eigenvalue weighted by atomic mass is 32.1. The van der Waals surface area contributed by atoms with E-state index in [9.17, 15) is 4.79 Å². The topological polar surface area (TPSA) is 55.1 Å². The van der Waals surface area contributed by atoms with E-state index in [0.29, 0.717) is 19.4 Å². The molecular weight excluding hydrogens is 256 g/mol. The highest BCUT2D eigenvalue weighted by Crippen LogP contribution is 2.15. The lowest BCUT2D eigenvalue weighted by Gasteiger charge is -2.06. The van der Waals surface area contributed by atoms with Crippen molar-refractivity contribution in [2.24, 2.45) is 0 Å². The maximum absolute atomic E-state index is 11.8. The molecule has 0 atom stereocenters. The van der Waals surface area contributed by atoms with Gasteiger partial charge in [-0.25, -0.2) is 0 Å². The van der Waals surface area contributed by atoms with Crippen LogP contribution in [-0.2, 0) is 17.8 Å². The van der Waals surface area contributed by atoms with Crippen LogP contribution in [0.25, 0.3) is 0 Å². The SMILES string of the molecule is Cc1ccc(CNC(=O)CCc2ccccc2N)s1. The van der Waals surface area contributed by atoms with E-state index in [4.69, 9.17) is 5.73 Å². The Morgan fingerprint density at radius 2 is 2.05 bits per heavy atom. The summed E-state index contributed by atoms with van der Waals surface area (Å²) in [5.74, 6) is 0.0642. The van der Waals surface area contributed by atoms with Gasteiger partial charge in [-0.1, -0.05) is 18.2 Å². The van der Waals surface area contributed by atoms with Gasteiger partial charge in [0.15, 0.2) is 0 Å². The van der Waals surface area contributed by atoms with Crippen LogP contribution in [0, 0.1) is 6.92 Å². The summed E-state index contributed by atoms with van der Waals surface area (Å²) in [5.41, 5.74) is 7.63. The van der Waals surface area contributed by atoms with Crippen molar-refractivity contribution < 1.29 is 4.79 Å². The largest absolute Gasteiger partial charge is 0.399 e. The second-order valence-corrected chi connectivity index (χ2v) is 5.86. The van der Waals surface area contributed by atoms with Gasteiger partial charge in [0.1, 0.15) is 0 Å². The molecule has 3 N–H and O–H groups in total. The smallest absolute Gasteiger partial charge is 0.220 e. The zero-order valence-corrected chi connectivity index (χ0v) is 11.8. The number of nitrogens with two attached hydrogens (primary N) is 1. The van der Waals surface area contributed by atoms with Crippen molar-refractivity contribution in [2.45, 2.75) is 26.3 Å². The summed E-state index contributed by atoms with van der Waals surface area (Å²) in [6, 6.07) is 11.8. The van der Waals surface area contributed by atoms with Gasteiger partial charge in [0.2, 0.25) is 5.91 Å². The van der Waals surface area contributed by atoms with Crippen LogP contribution >= 0.6 is 11.3 Å². The van der Waals surface area contributed by atoms with Crippen LogP contribution in [0.4, 0.5) is 5.69 Å². The van der Waals surface area contributed by atoms with Gasteiger partial charge in [-0.15, -0.1) is 11.3 Å². The fourth-order valence-electron chi connectivity index (χ4n) is 1.86. The number of hydrogen-bond donors (Lipinski definition) is 2. The molecule has 0 fully saturated rings. The van der Waals surface area contributed by atoms with Gasteiger partial charge in [0, 0.05) is 21.9 Å². The Bertz CT molecular complexity index is 563. The van der Waals surface area contributed by atoms with Crippen LogP contribution < -0.4 is 11.1 Å². The third-order valence-electron chi connectivity index (χ3n) is 2.93. The molecule has 19 heavy (non-hydrogen) atoms. The summed E-state index contributed by atoms with van der Waals surface area (Å²) in [6.07, 6.45) is 1.15. The first kappa shape index (κ1) is 13.6. The van der Waals surface area contributed by atoms with E-state index in [1.807, 2.05) is 24.3 Å². The molecule has 1 amide bonds. The van der Waals surface area contributed by atoms with Crippen LogP contribution in [-0.4, -0.2) is 5.91 Å². The van der Waals surface area contributed by atoms with Gasteiger partial charge < -0.3 is 11.1 Å². The molecule has 1 aromatic heterocycles. The van der Waals surface area contributed by atoms with Crippen molar-refractivity contribution in [2.75, 3.05) is 5.73 Å². The molecule has 2 rings (SSSR count). The molecule has 0 radical (unpaired) electrons. The van der Waals surface area contributed by atoms with E-state index in [-0.39, 0.29) is 5.91 Å². The van der Waals surface area contributed by atoms with Crippen molar-refractivity contribution >= 4 is 22.9 Å². The minimum Gasteiger partial charge on any atom is -0.399 e. The number of carbonyl (C=O) groups excluding carboxylic acids is 1. The second kappa shape index (κ2) is 6.38. The molecule has 4 heteroatoms. The van der Waals surface area contributed by atoms with E-state index in [1.54, 1.807) is 11.3 Å². The zero-order valence-electron chi connectivity index (χ0n) is 11.0. The Balaban J connectivity index is 1.77. The predicted molar refractivity (Wildman–Crippen MR) is 80.1 cm³/mol. The number of rotatable bonds is 5. The summed E-state index contributed by atoms with van der Waals surface area (Å²) >= 11 is 1.71. The molecule has 0 bridgehead atoms. The number of aryl methyl sites for hydroxylation is 2. The summed E-state index contributed by atoms with van der Waals surface area (Å²) in [5, 5.41) is 2.93. The lowest BCUT2D eigenvalue weighted by molar-refractivity contribution is -0.121. The number of hydrogen-bond acceptors (Lipinski definition) is 3. The molecule has 0 saturated heterocycles. The maximum Gasteiger partial charge on any atom is 0.220 e. The maximum atomic E-state index is 11.8. The summed E-state index contributed by atoms with van der Waals surface area (Å²) in [6.45, 7) is 2.68. The van der Waals surface area contributed by atoms with Crippen LogP contribution in [0.2, 0.25) is 0 Å². The molecule has 3 nitrogen and oxygen atoms in total. The average molecular weight is 274 g/mol. The van der Waals surface area contributed by atoms with E-state index < -0.39 is 0 Å². The molecular formula is C15H18N2OS. The first-order valence-corrected chi connectivity index (χ1v) is 7.12. The molecule has 1 aromatic carbocycles. The Morgan fingerprint density at radius 1 is 1.26 bits per heavy atom. The summed E-state index contributed by atoms with van der Waals surface area (Å²) in [4.78, 5) is 14.2. The van der Waals surface area contributed by atoms with Crippen molar-refractivity contribution in [1.82, 2.24) is 5.32 Å². The minimum absolute atomic E-state index is 0.0642. The number of carbonyl (C=O) groups is 1. The van der Waals surface area contributed by atoms with Gasteiger partial charge in [-0.2, -0.15) is 0 Å². The van der Waals surface area contributed by atoms with E-state index in [0.717, 1.165) is 11.3 Å². The molecule has 1 heterocycles. The first-order valence-electron chi connectivity index (χ1n) is 6.30. The number of para-hydroxylation sites is 1. The lowest BCUT2D eigenvalue weighted by atomic mass is 10.1. The highest BCUT2D eigenvalue weighted by molar-refractivity contribution is 7.11. The number of nitrogens with one attached hydrogen (secondary N) is 1. The lowest BCUT2D eigenvalue weighted by Crippen LogP contribution is -2.22. The van der Waals surface area contributed by atoms with Crippen molar-refractivity contribution in [3.05, 3.63) is 51.7 Å². The molecule has 0 spiro atoms. The van der Waals surface area contributed by atoms with Crippen molar-refractivity contribution in [3.63, 3.8) is 0 Å². The van der Waals surface area contributed by atoms with Crippen LogP contribution in [0.3, 0.4) is 0 Å². The monoisotopic (exact) mass is 274 g/mol. The van der Waals surface area contributed by atoms with Crippen molar-refractivity contribution in [3.8, 4) is 0 Å². The zero-order chi connectivity index (χ0) is 13.7. The first-order chi connectivity index (χ1) is 9.15. The standard InChI is InChI=1S/C15H18N2OS/c1-11-6-8-13(19-11)10-17-15(18)9-7-12-4-2-3-5-14(12)16/h2-6,8H,7,9-10,16H2,1H3,(H,17,18). The second-order valence-electron chi connectivity index (χ2n) is 4.49. The summed E-state index contributed by atoms with van der Waals surface area (Å²) in [7, 11) is 0. The Morgan fingerprint density at radius 3 is 2.74 bits per heavy atom. The summed E-state index contributed by atoms with van der Waals surface area (Å²) < 4.78 is 0. The number of thiophene rings is 1. The molecule has 0 unspecified atom stereocenters. The Kier molecular flexibility index (Phi) is 4.58. The van der Waals surface area contributed by atoms with E-state index in [2.05, 4.69) is 24.4 Å². The molecule has 0 aliphatic carbocycles. The van der Waals surface area contributed by atoms with Gasteiger partial charge in [0.25, 0.3) is 0 Å². The normalized spacial score (nSPS) is 10.4. The van der Waals surface area contributed by atoms with E-state index >= 15 is 0 Å². The fourth-order valence-corrected chi connectivity index (χ4v) is 2.69. The van der Waals surface area contributed by atoms with Crippen LogP contribution in [0.15, 0.2) is 36.4 Å². The Hall–Kier alpha value is -1.81. The van der Waals surface area contributed by atoms with Gasteiger partial charge in [-0.3, -0.25) is 4.79 Å². The van der Waals surface area contributed by atoms with Gasteiger partial charge >= 0.3 is 0 Å². The third kappa shape index (κ3) is 4.10. The molecule has 100 valence electrons. The number of benzene rings is 1. The van der Waals surface area contributed by atoms with Crippen LogP contribution in [0.5, 0.6) is 0 Å². The number of anilines is 1. The van der Waals surface area contributed by atoms with Gasteiger partial charge in [0.05, 0.1) is 6.54 Å². The molecule has 0 saturated carbocycles. The fraction of sp³-hybridized carbons (Fsp3) is 0.267. The highest BCUT2D eigenvalue weighted by Gasteiger charge is 2.05. The minimum atomic E-state index is 0.0642. The predicted octanol–water partition coefficient (Wildman–Crippen LogP) is 2.89. The quantitative estimate of drug-likeness (QED) is 0.824. The molecule has 0 aliphatic heterocycles. The third-order valence-corrected chi connectivity index (χ3v) is 3.93. The molecule has 0 aliphatic rings. The Labute approximate surface area is 117 Å². The average Bonchev–Trinajstić information content (AvgIpc) is 2.81. The molecule has 2 aromatic rings. The van der Waals surface area contributed by atoms with Crippen molar-refractivity contribution in [1.29, 1.82) is 0 Å². The van der Waals surface area contributed by atoms with E-state index in [1.165, 1.54) is 9.75 Å². The van der Waals surface area contributed by atoms with Gasteiger partial charge in [-0.05, 0) is 37.1 Å². The number of amides is 1. The van der Waals surface area contributed by atoms with Crippen LogP contribution in [0.1, 0.15) is 21.7 Å². The number of nitrogen functional groups attached to an aromatic ring is 1.